The fourth-order valence-electron chi connectivity index (χ4n) is 2.44. The molecule has 29 heavy (non-hydrogen) atoms. The third kappa shape index (κ3) is 5.04. The Labute approximate surface area is 168 Å². The van der Waals surface area contributed by atoms with Gasteiger partial charge in [-0.2, -0.15) is 0 Å². The molecule has 0 aliphatic rings. The molecule has 0 heterocycles. The average molecular weight is 397 g/mol. The SMILES string of the molecule is C/C=C(\N)NC(=O)c1cc(OC)c(OC)cc1NC(=O)c1ccc(C(=N)N)cc1. The van der Waals surface area contributed by atoms with Crippen molar-refractivity contribution in [1.29, 1.82) is 5.41 Å². The van der Waals surface area contributed by atoms with Crippen LogP contribution in [-0.4, -0.2) is 31.9 Å². The lowest BCUT2D eigenvalue weighted by molar-refractivity contribution is 0.0966. The molecule has 0 unspecified atom stereocenters. The Morgan fingerprint density at radius 1 is 0.966 bits per heavy atom. The van der Waals surface area contributed by atoms with Gasteiger partial charge < -0.3 is 31.6 Å². The van der Waals surface area contributed by atoms with E-state index < -0.39 is 11.8 Å². The maximum atomic E-state index is 12.7. The van der Waals surface area contributed by atoms with E-state index in [1.807, 2.05) is 0 Å². The van der Waals surface area contributed by atoms with Crippen molar-refractivity contribution in [2.24, 2.45) is 11.5 Å². The minimum Gasteiger partial charge on any atom is -0.493 e. The molecule has 0 aliphatic heterocycles. The van der Waals surface area contributed by atoms with Gasteiger partial charge in [0.2, 0.25) is 0 Å². The number of methoxy groups -OCH3 is 2. The third-order valence-electron chi connectivity index (χ3n) is 4.04. The van der Waals surface area contributed by atoms with E-state index in [2.05, 4.69) is 10.6 Å². The van der Waals surface area contributed by atoms with Crippen LogP contribution in [0.5, 0.6) is 11.5 Å². The van der Waals surface area contributed by atoms with Crippen LogP contribution in [0, 0.1) is 5.41 Å². The molecular weight excluding hydrogens is 374 g/mol. The van der Waals surface area contributed by atoms with E-state index in [0.717, 1.165) is 0 Å². The number of hydrogen-bond acceptors (Lipinski definition) is 6. The average Bonchev–Trinajstić information content (AvgIpc) is 2.72. The Morgan fingerprint density at radius 3 is 2.03 bits per heavy atom. The third-order valence-corrected chi connectivity index (χ3v) is 4.04. The summed E-state index contributed by atoms with van der Waals surface area (Å²) in [4.78, 5) is 25.3. The van der Waals surface area contributed by atoms with Crippen molar-refractivity contribution >= 4 is 23.3 Å². The van der Waals surface area contributed by atoms with Crippen molar-refractivity contribution in [2.45, 2.75) is 6.92 Å². The van der Waals surface area contributed by atoms with Crippen molar-refractivity contribution in [3.63, 3.8) is 0 Å². The van der Waals surface area contributed by atoms with E-state index in [4.69, 9.17) is 26.4 Å². The lowest BCUT2D eigenvalue weighted by atomic mass is 10.1. The number of carbonyl (C=O) groups excluding carboxylic acids is 2. The second kappa shape index (κ2) is 9.27. The van der Waals surface area contributed by atoms with Gasteiger partial charge in [-0.3, -0.25) is 15.0 Å². The lowest BCUT2D eigenvalue weighted by Crippen LogP contribution is -2.28. The molecule has 2 amide bonds. The largest absolute Gasteiger partial charge is 0.493 e. The number of nitrogens with one attached hydrogen (secondary N) is 3. The molecule has 0 radical (unpaired) electrons. The van der Waals surface area contributed by atoms with Crippen molar-refractivity contribution in [1.82, 2.24) is 5.32 Å². The zero-order chi connectivity index (χ0) is 21.6. The number of anilines is 1. The highest BCUT2D eigenvalue weighted by Crippen LogP contribution is 2.33. The molecular formula is C20H23N5O4. The van der Waals surface area contributed by atoms with Gasteiger partial charge in [-0.15, -0.1) is 0 Å². The first kappa shape index (κ1) is 21.3. The number of benzene rings is 2. The molecule has 0 atom stereocenters. The van der Waals surface area contributed by atoms with Gasteiger partial charge in [0, 0.05) is 17.2 Å². The van der Waals surface area contributed by atoms with Crippen LogP contribution in [0.25, 0.3) is 0 Å². The molecule has 0 spiro atoms. The van der Waals surface area contributed by atoms with E-state index in [9.17, 15) is 9.59 Å². The number of nitrogen functional groups attached to an aromatic ring is 1. The number of nitrogens with two attached hydrogens (primary N) is 2. The van der Waals surface area contributed by atoms with Crippen molar-refractivity contribution in [2.75, 3.05) is 19.5 Å². The second-order valence-electron chi connectivity index (χ2n) is 5.90. The van der Waals surface area contributed by atoms with E-state index in [0.29, 0.717) is 22.6 Å². The first-order valence-electron chi connectivity index (χ1n) is 8.55. The molecule has 152 valence electrons. The van der Waals surface area contributed by atoms with Gasteiger partial charge >= 0.3 is 0 Å². The first-order valence-corrected chi connectivity index (χ1v) is 8.55. The predicted molar refractivity (Wildman–Crippen MR) is 110 cm³/mol. The van der Waals surface area contributed by atoms with E-state index in [1.165, 1.54) is 44.6 Å². The van der Waals surface area contributed by atoms with Crippen LogP contribution >= 0.6 is 0 Å². The normalized spacial score (nSPS) is 10.8. The summed E-state index contributed by atoms with van der Waals surface area (Å²) in [6.45, 7) is 1.68. The van der Waals surface area contributed by atoms with Gasteiger partial charge in [-0.1, -0.05) is 12.1 Å². The molecule has 0 saturated carbocycles. The number of rotatable bonds is 7. The van der Waals surface area contributed by atoms with Crippen LogP contribution in [0.15, 0.2) is 48.3 Å². The molecule has 7 N–H and O–H groups in total. The highest BCUT2D eigenvalue weighted by molar-refractivity contribution is 6.10. The summed E-state index contributed by atoms with van der Waals surface area (Å²) in [7, 11) is 2.89. The molecule has 0 bridgehead atoms. The quantitative estimate of drug-likeness (QED) is 0.355. The number of carbonyl (C=O) groups is 2. The number of ether oxygens (including phenoxy) is 2. The fraction of sp³-hybridized carbons (Fsp3) is 0.150. The van der Waals surface area contributed by atoms with Gasteiger partial charge in [-0.25, -0.2) is 0 Å². The van der Waals surface area contributed by atoms with Crippen LogP contribution < -0.4 is 31.6 Å². The molecule has 2 aromatic rings. The first-order chi connectivity index (χ1) is 13.8. The standard InChI is InChI=1S/C20H23N5O4/c1-4-17(21)25-20(27)13-9-15(28-2)16(29-3)10-14(13)24-19(26)12-7-5-11(6-8-12)18(22)23/h4-10H,21H2,1-3H3,(H3,22,23)(H,24,26)(H,25,27)/b17-4+. The highest BCUT2D eigenvalue weighted by Gasteiger charge is 2.19. The molecule has 9 heteroatoms. The van der Waals surface area contributed by atoms with Crippen LogP contribution in [0.3, 0.4) is 0 Å². The monoisotopic (exact) mass is 397 g/mol. The van der Waals surface area contributed by atoms with Gasteiger partial charge in [0.25, 0.3) is 11.8 Å². The Balaban J connectivity index is 2.41. The summed E-state index contributed by atoms with van der Waals surface area (Å²) >= 11 is 0. The summed E-state index contributed by atoms with van der Waals surface area (Å²) in [5.74, 6) is -0.255. The van der Waals surface area contributed by atoms with Crippen LogP contribution in [0.2, 0.25) is 0 Å². The Bertz CT molecular complexity index is 968. The minimum absolute atomic E-state index is 0.0997. The molecule has 9 nitrogen and oxygen atoms in total. The van der Waals surface area contributed by atoms with Crippen molar-refractivity contribution in [3.8, 4) is 11.5 Å². The molecule has 0 aliphatic carbocycles. The van der Waals surface area contributed by atoms with E-state index in [-0.39, 0.29) is 22.9 Å². The molecule has 0 aromatic heterocycles. The number of amides is 2. The maximum absolute atomic E-state index is 12.7. The lowest BCUT2D eigenvalue weighted by Gasteiger charge is -2.16. The topological polar surface area (TPSA) is 153 Å². The fourth-order valence-corrected chi connectivity index (χ4v) is 2.44. The second-order valence-corrected chi connectivity index (χ2v) is 5.90. The van der Waals surface area contributed by atoms with Crippen LogP contribution in [0.4, 0.5) is 5.69 Å². The van der Waals surface area contributed by atoms with Gasteiger partial charge in [0.05, 0.1) is 31.3 Å². The smallest absolute Gasteiger partial charge is 0.258 e. The summed E-state index contributed by atoms with van der Waals surface area (Å²) in [6.07, 6.45) is 1.54. The molecule has 2 rings (SSSR count). The van der Waals surface area contributed by atoms with Crippen molar-refractivity contribution in [3.05, 3.63) is 65.0 Å². The summed E-state index contributed by atoms with van der Waals surface area (Å²) < 4.78 is 10.5. The highest BCUT2D eigenvalue weighted by atomic mass is 16.5. The van der Waals surface area contributed by atoms with Gasteiger partial charge in [-0.05, 0) is 31.2 Å². The number of hydrogen-bond donors (Lipinski definition) is 5. The maximum Gasteiger partial charge on any atom is 0.258 e. The summed E-state index contributed by atoms with van der Waals surface area (Å²) in [6, 6.07) is 9.13. The zero-order valence-corrected chi connectivity index (χ0v) is 16.3. The molecule has 0 fully saturated rings. The predicted octanol–water partition coefficient (Wildman–Crippen LogP) is 1.79. The van der Waals surface area contributed by atoms with Crippen molar-refractivity contribution < 1.29 is 19.1 Å². The summed E-state index contributed by atoms with van der Waals surface area (Å²) in [5.41, 5.74) is 12.3. The summed E-state index contributed by atoms with van der Waals surface area (Å²) in [5, 5.41) is 12.6. The van der Waals surface area contributed by atoms with Crippen LogP contribution in [-0.2, 0) is 0 Å². The minimum atomic E-state index is -0.524. The molecule has 2 aromatic carbocycles. The van der Waals surface area contributed by atoms with Crippen LogP contribution in [0.1, 0.15) is 33.2 Å². The number of allylic oxidation sites excluding steroid dienone is 1. The Hall–Kier alpha value is -4.01. The van der Waals surface area contributed by atoms with E-state index >= 15 is 0 Å². The zero-order valence-electron chi connectivity index (χ0n) is 16.3. The molecule has 0 saturated heterocycles. The Morgan fingerprint density at radius 2 is 1.52 bits per heavy atom. The van der Waals surface area contributed by atoms with Gasteiger partial charge in [0.15, 0.2) is 11.5 Å². The van der Waals surface area contributed by atoms with E-state index in [1.54, 1.807) is 19.1 Å². The van der Waals surface area contributed by atoms with Gasteiger partial charge in [0.1, 0.15) is 5.84 Å². The number of amidine groups is 1. The Kier molecular flexibility index (Phi) is 6.80.